The van der Waals surface area contributed by atoms with E-state index in [2.05, 4.69) is 10.6 Å². The maximum atomic E-state index is 13.2. The summed E-state index contributed by atoms with van der Waals surface area (Å²) in [5.41, 5.74) is 0. The number of hydrogen-bond donors (Lipinski definition) is 2. The van der Waals surface area contributed by atoms with Crippen molar-refractivity contribution in [3.63, 3.8) is 0 Å². The summed E-state index contributed by atoms with van der Waals surface area (Å²) in [6.07, 6.45) is 1.49. The number of furan rings is 1. The van der Waals surface area contributed by atoms with Crippen LogP contribution in [0.25, 0.3) is 0 Å². The minimum absolute atomic E-state index is 0.00218. The molecule has 1 aromatic heterocycles. The number of hydrogen-bond acceptors (Lipinski definition) is 8. The van der Waals surface area contributed by atoms with E-state index in [4.69, 9.17) is 18.6 Å². The number of ether oxygens (including phenoxy) is 3. The molecule has 1 aromatic carbocycles. The first-order chi connectivity index (χ1) is 15.9. The van der Waals surface area contributed by atoms with E-state index in [1.165, 1.54) is 38.7 Å². The third kappa shape index (κ3) is 6.03. The lowest BCUT2D eigenvalue weighted by Gasteiger charge is -2.34. The van der Waals surface area contributed by atoms with Crippen molar-refractivity contribution in [2.24, 2.45) is 0 Å². The van der Waals surface area contributed by atoms with Gasteiger partial charge >= 0.3 is 11.8 Å². The largest absolute Gasteiger partial charge is 0.493 e. The summed E-state index contributed by atoms with van der Waals surface area (Å²) in [7, 11) is -1.10. The van der Waals surface area contributed by atoms with Crippen LogP contribution in [0, 0.1) is 0 Å². The van der Waals surface area contributed by atoms with Gasteiger partial charge in [-0.05, 0) is 30.7 Å². The van der Waals surface area contributed by atoms with Gasteiger partial charge in [-0.25, -0.2) is 8.42 Å². The molecule has 2 N–H and O–H groups in total. The predicted octanol–water partition coefficient (Wildman–Crippen LogP) is 0.509. The van der Waals surface area contributed by atoms with Crippen molar-refractivity contribution >= 4 is 21.8 Å². The molecule has 0 bridgehead atoms. The van der Waals surface area contributed by atoms with Gasteiger partial charge in [0.15, 0.2) is 11.5 Å². The van der Waals surface area contributed by atoms with E-state index < -0.39 is 28.1 Å². The Morgan fingerprint density at radius 3 is 2.58 bits per heavy atom. The minimum atomic E-state index is -3.97. The Labute approximate surface area is 192 Å². The maximum Gasteiger partial charge on any atom is 0.309 e. The summed E-state index contributed by atoms with van der Waals surface area (Å²) >= 11 is 0. The number of methoxy groups -OCH3 is 2. The quantitative estimate of drug-likeness (QED) is 0.495. The first-order valence-electron chi connectivity index (χ1n) is 10.3. The van der Waals surface area contributed by atoms with Crippen molar-refractivity contribution in [1.82, 2.24) is 14.9 Å². The Hall–Kier alpha value is -3.09. The Morgan fingerprint density at radius 2 is 1.88 bits per heavy atom. The fraction of sp³-hybridized carbons (Fsp3) is 0.429. The molecular weight excluding hydrogens is 454 g/mol. The van der Waals surface area contributed by atoms with Crippen molar-refractivity contribution in [3.05, 3.63) is 42.4 Å². The molecule has 1 aliphatic rings. The first kappa shape index (κ1) is 24.6. The van der Waals surface area contributed by atoms with E-state index in [1.807, 2.05) is 0 Å². The normalized spacial score (nSPS) is 16.7. The van der Waals surface area contributed by atoms with Crippen LogP contribution < -0.4 is 20.1 Å². The SMILES string of the molecule is COc1ccc(S(=O)(=O)N2CCCO[C@@H]2CNC(=O)C(=O)NCCc2ccco2)cc1OC. The van der Waals surface area contributed by atoms with Crippen molar-refractivity contribution in [1.29, 1.82) is 0 Å². The maximum absolute atomic E-state index is 13.2. The van der Waals surface area contributed by atoms with Crippen molar-refractivity contribution in [3.8, 4) is 11.5 Å². The fourth-order valence-electron chi connectivity index (χ4n) is 3.31. The fourth-order valence-corrected chi connectivity index (χ4v) is 4.89. The lowest BCUT2D eigenvalue weighted by atomic mass is 10.3. The predicted molar refractivity (Wildman–Crippen MR) is 116 cm³/mol. The summed E-state index contributed by atoms with van der Waals surface area (Å²) in [6.45, 7) is 0.566. The molecule has 12 heteroatoms. The van der Waals surface area contributed by atoms with Crippen LogP contribution in [-0.2, 0) is 30.8 Å². The number of nitrogens with zero attached hydrogens (tertiary/aromatic N) is 1. The van der Waals surface area contributed by atoms with Crippen LogP contribution in [-0.4, -0.2) is 71.2 Å². The Morgan fingerprint density at radius 1 is 1.12 bits per heavy atom. The molecule has 1 fully saturated rings. The second-order valence-corrected chi connectivity index (χ2v) is 9.00. The topological polar surface area (TPSA) is 136 Å². The second kappa shape index (κ2) is 11.2. The van der Waals surface area contributed by atoms with Crippen LogP contribution in [0.4, 0.5) is 0 Å². The molecule has 2 heterocycles. The molecule has 0 radical (unpaired) electrons. The average Bonchev–Trinajstić information content (AvgIpc) is 3.35. The van der Waals surface area contributed by atoms with Gasteiger partial charge in [0.05, 0.1) is 38.5 Å². The van der Waals surface area contributed by atoms with Gasteiger partial charge in [0.2, 0.25) is 10.0 Å². The molecule has 3 rings (SSSR count). The molecule has 2 amide bonds. The van der Waals surface area contributed by atoms with Crippen LogP contribution in [0.1, 0.15) is 12.2 Å². The van der Waals surface area contributed by atoms with Gasteiger partial charge in [-0.1, -0.05) is 0 Å². The molecule has 0 unspecified atom stereocenters. The lowest BCUT2D eigenvalue weighted by Crippen LogP contribution is -2.53. The average molecular weight is 482 g/mol. The molecule has 0 spiro atoms. The highest BCUT2D eigenvalue weighted by Gasteiger charge is 2.35. The number of sulfonamides is 1. The van der Waals surface area contributed by atoms with E-state index in [0.717, 1.165) is 4.31 Å². The van der Waals surface area contributed by atoms with E-state index in [-0.39, 0.29) is 30.3 Å². The van der Waals surface area contributed by atoms with Gasteiger partial charge in [-0.2, -0.15) is 4.31 Å². The van der Waals surface area contributed by atoms with E-state index in [0.29, 0.717) is 31.0 Å². The van der Waals surface area contributed by atoms with Gasteiger partial charge in [-0.3, -0.25) is 9.59 Å². The summed E-state index contributed by atoms with van der Waals surface area (Å²) in [5, 5.41) is 4.93. The highest BCUT2D eigenvalue weighted by Crippen LogP contribution is 2.31. The molecule has 2 aromatic rings. The Balaban J connectivity index is 1.61. The molecule has 11 nitrogen and oxygen atoms in total. The second-order valence-electron chi connectivity index (χ2n) is 7.11. The smallest absolute Gasteiger partial charge is 0.309 e. The minimum Gasteiger partial charge on any atom is -0.493 e. The van der Waals surface area contributed by atoms with Crippen molar-refractivity contribution < 1.29 is 36.6 Å². The standard InChI is InChI=1S/C21H27N3O8S/c1-29-17-7-6-16(13-18(17)30-2)33(27,28)24-10-4-12-32-19(24)14-23-21(26)20(25)22-9-8-15-5-3-11-31-15/h3,5-7,11,13,19H,4,8-10,12,14H2,1-2H3,(H,22,25)(H,23,26)/t19-/m1/s1. The molecule has 1 atom stereocenters. The summed E-state index contributed by atoms with van der Waals surface area (Å²) < 4.78 is 48.8. The first-order valence-corrected chi connectivity index (χ1v) is 11.7. The lowest BCUT2D eigenvalue weighted by molar-refractivity contribution is -0.140. The van der Waals surface area contributed by atoms with Gasteiger partial charge in [0.25, 0.3) is 0 Å². The molecule has 0 aliphatic carbocycles. The Bertz CT molecular complexity index is 1060. The van der Waals surface area contributed by atoms with Crippen LogP contribution in [0.2, 0.25) is 0 Å². The van der Waals surface area contributed by atoms with Crippen LogP contribution in [0.5, 0.6) is 11.5 Å². The van der Waals surface area contributed by atoms with Crippen LogP contribution in [0.3, 0.4) is 0 Å². The van der Waals surface area contributed by atoms with E-state index in [9.17, 15) is 18.0 Å². The molecule has 1 aliphatic heterocycles. The van der Waals surface area contributed by atoms with Crippen molar-refractivity contribution in [2.75, 3.05) is 40.5 Å². The molecule has 0 saturated carbocycles. The van der Waals surface area contributed by atoms with Crippen molar-refractivity contribution in [2.45, 2.75) is 24.0 Å². The number of carbonyl (C=O) groups excluding carboxylic acids is 2. The highest BCUT2D eigenvalue weighted by atomic mass is 32.2. The monoisotopic (exact) mass is 481 g/mol. The third-order valence-corrected chi connectivity index (χ3v) is 6.88. The van der Waals surface area contributed by atoms with Crippen LogP contribution in [0.15, 0.2) is 45.9 Å². The van der Waals surface area contributed by atoms with Gasteiger partial charge in [0.1, 0.15) is 12.0 Å². The Kier molecular flexibility index (Phi) is 8.31. The third-order valence-electron chi connectivity index (χ3n) is 5.00. The highest BCUT2D eigenvalue weighted by molar-refractivity contribution is 7.89. The summed E-state index contributed by atoms with van der Waals surface area (Å²) in [6, 6.07) is 7.77. The summed E-state index contributed by atoms with van der Waals surface area (Å²) in [5.74, 6) is -0.359. The molecule has 1 saturated heterocycles. The number of nitrogens with one attached hydrogen (secondary N) is 2. The number of benzene rings is 1. The number of rotatable bonds is 9. The number of amides is 2. The molecule has 33 heavy (non-hydrogen) atoms. The molecular formula is C21H27N3O8S. The van der Waals surface area contributed by atoms with Gasteiger partial charge in [0, 0.05) is 25.6 Å². The van der Waals surface area contributed by atoms with Crippen LogP contribution >= 0.6 is 0 Å². The zero-order valence-electron chi connectivity index (χ0n) is 18.4. The zero-order chi connectivity index (χ0) is 23.8. The molecule has 180 valence electrons. The van der Waals surface area contributed by atoms with E-state index in [1.54, 1.807) is 12.1 Å². The van der Waals surface area contributed by atoms with Gasteiger partial charge < -0.3 is 29.3 Å². The van der Waals surface area contributed by atoms with E-state index >= 15 is 0 Å². The summed E-state index contributed by atoms with van der Waals surface area (Å²) in [4.78, 5) is 24.2. The number of carbonyl (C=O) groups is 2. The zero-order valence-corrected chi connectivity index (χ0v) is 19.2. The van der Waals surface area contributed by atoms with Gasteiger partial charge in [-0.15, -0.1) is 0 Å².